The number of benzene rings is 1. The summed E-state index contributed by atoms with van der Waals surface area (Å²) in [6.07, 6.45) is 3.27. The lowest BCUT2D eigenvalue weighted by Gasteiger charge is -2.15. The van der Waals surface area contributed by atoms with E-state index in [1.165, 1.54) is 42.6 Å². The molecule has 1 saturated carbocycles. The SMILES string of the molecule is CC(C)COc1cc(F)cc(-c2ccc(C(=O)NS(=O)(=O)c3ccccn3)c(OCC3(C)CC3)n2)c1. The van der Waals surface area contributed by atoms with Gasteiger partial charge in [-0.2, -0.15) is 8.42 Å². The highest BCUT2D eigenvalue weighted by Gasteiger charge is 2.38. The van der Waals surface area contributed by atoms with Crippen LogP contribution >= 0.6 is 0 Å². The topological polar surface area (TPSA) is 107 Å². The first-order valence-corrected chi connectivity index (χ1v) is 13.1. The number of halogens is 1. The van der Waals surface area contributed by atoms with Crippen LogP contribution in [0.2, 0.25) is 0 Å². The van der Waals surface area contributed by atoms with Gasteiger partial charge < -0.3 is 9.47 Å². The Morgan fingerprint density at radius 1 is 1.14 bits per heavy atom. The van der Waals surface area contributed by atoms with Gasteiger partial charge >= 0.3 is 0 Å². The van der Waals surface area contributed by atoms with E-state index >= 15 is 0 Å². The molecule has 3 aromatic rings. The molecule has 4 rings (SSSR count). The molecule has 8 nitrogen and oxygen atoms in total. The Kier molecular flexibility index (Phi) is 7.26. The molecule has 10 heteroatoms. The van der Waals surface area contributed by atoms with Crippen LogP contribution in [0.5, 0.6) is 11.6 Å². The van der Waals surface area contributed by atoms with Crippen molar-refractivity contribution in [2.75, 3.05) is 13.2 Å². The number of amides is 1. The predicted molar refractivity (Wildman–Crippen MR) is 132 cm³/mol. The van der Waals surface area contributed by atoms with Crippen LogP contribution in [0.1, 0.15) is 44.0 Å². The number of aromatic nitrogens is 2. The lowest BCUT2D eigenvalue weighted by molar-refractivity contribution is 0.0975. The summed E-state index contributed by atoms with van der Waals surface area (Å²) in [7, 11) is -4.20. The number of sulfonamides is 1. The summed E-state index contributed by atoms with van der Waals surface area (Å²) >= 11 is 0. The molecule has 0 unspecified atom stereocenters. The Balaban J connectivity index is 1.65. The summed E-state index contributed by atoms with van der Waals surface area (Å²) in [5.41, 5.74) is 0.700. The Labute approximate surface area is 209 Å². The van der Waals surface area contributed by atoms with E-state index in [2.05, 4.69) is 9.97 Å². The first-order chi connectivity index (χ1) is 17.0. The van der Waals surface area contributed by atoms with Crippen molar-refractivity contribution in [3.05, 3.63) is 66.1 Å². The van der Waals surface area contributed by atoms with Gasteiger partial charge in [0.15, 0.2) is 5.03 Å². The fourth-order valence-electron chi connectivity index (χ4n) is 3.28. The molecule has 2 heterocycles. The van der Waals surface area contributed by atoms with E-state index in [9.17, 15) is 17.6 Å². The van der Waals surface area contributed by atoms with Crippen LogP contribution in [0, 0.1) is 17.2 Å². The quantitative estimate of drug-likeness (QED) is 0.422. The number of nitrogens with one attached hydrogen (secondary N) is 1. The second kappa shape index (κ2) is 10.2. The van der Waals surface area contributed by atoms with Gasteiger partial charge in [0.25, 0.3) is 15.9 Å². The van der Waals surface area contributed by atoms with Crippen LogP contribution in [0.3, 0.4) is 0 Å². The van der Waals surface area contributed by atoms with Gasteiger partial charge in [-0.05, 0) is 55.2 Å². The van der Waals surface area contributed by atoms with Crippen molar-refractivity contribution in [3.8, 4) is 22.9 Å². The van der Waals surface area contributed by atoms with Gasteiger partial charge in [0.2, 0.25) is 5.88 Å². The van der Waals surface area contributed by atoms with Crippen LogP contribution in [0.4, 0.5) is 4.39 Å². The van der Waals surface area contributed by atoms with Gasteiger partial charge in [-0.25, -0.2) is 19.1 Å². The van der Waals surface area contributed by atoms with E-state index in [-0.39, 0.29) is 27.8 Å². The number of nitrogens with zero attached hydrogens (tertiary/aromatic N) is 2. The van der Waals surface area contributed by atoms with Crippen molar-refractivity contribution in [1.82, 2.24) is 14.7 Å². The Bertz CT molecular complexity index is 1360. The molecule has 1 amide bonds. The minimum Gasteiger partial charge on any atom is -0.493 e. The summed E-state index contributed by atoms with van der Waals surface area (Å²) in [6.45, 7) is 6.76. The van der Waals surface area contributed by atoms with Gasteiger partial charge in [-0.1, -0.05) is 26.8 Å². The second-order valence-electron chi connectivity index (χ2n) is 9.63. The number of carbonyl (C=O) groups excluding carboxylic acids is 1. The van der Waals surface area contributed by atoms with Gasteiger partial charge in [0.05, 0.1) is 18.9 Å². The zero-order valence-electron chi connectivity index (χ0n) is 20.3. The van der Waals surface area contributed by atoms with Crippen molar-refractivity contribution < 1.29 is 27.1 Å². The molecular formula is C26H28FN3O5S. The van der Waals surface area contributed by atoms with Gasteiger partial charge in [-0.3, -0.25) is 4.79 Å². The fraction of sp³-hybridized carbons (Fsp3) is 0.346. The van der Waals surface area contributed by atoms with Gasteiger partial charge in [0, 0.05) is 23.2 Å². The molecule has 0 radical (unpaired) electrons. The van der Waals surface area contributed by atoms with Crippen molar-refractivity contribution in [2.45, 2.75) is 38.6 Å². The number of pyridine rings is 2. The highest BCUT2D eigenvalue weighted by molar-refractivity contribution is 7.90. The monoisotopic (exact) mass is 513 g/mol. The smallest absolute Gasteiger partial charge is 0.281 e. The molecular weight excluding hydrogens is 485 g/mol. The first-order valence-electron chi connectivity index (χ1n) is 11.6. The molecule has 1 fully saturated rings. The Morgan fingerprint density at radius 2 is 1.92 bits per heavy atom. The van der Waals surface area contributed by atoms with Crippen LogP contribution < -0.4 is 14.2 Å². The molecule has 1 aliphatic rings. The predicted octanol–water partition coefficient (Wildman–Crippen LogP) is 4.62. The summed E-state index contributed by atoms with van der Waals surface area (Å²) < 4.78 is 53.1. The van der Waals surface area contributed by atoms with Crippen molar-refractivity contribution in [2.24, 2.45) is 11.3 Å². The second-order valence-corrected chi connectivity index (χ2v) is 11.3. The highest BCUT2D eigenvalue weighted by Crippen LogP contribution is 2.45. The van der Waals surface area contributed by atoms with Gasteiger partial charge in [0.1, 0.15) is 17.1 Å². The fourth-order valence-corrected chi connectivity index (χ4v) is 4.19. The maximum atomic E-state index is 14.3. The number of carbonyl (C=O) groups is 1. The molecule has 2 aromatic heterocycles. The standard InChI is InChI=1S/C26H28FN3O5S/c1-17(2)15-34-20-13-18(12-19(27)14-20)22-8-7-21(25(29-22)35-16-26(3)9-10-26)24(31)30-36(32,33)23-6-4-5-11-28-23/h4-8,11-14,17H,9-10,15-16H2,1-3H3,(H,30,31). The van der Waals surface area contributed by atoms with E-state index < -0.39 is 21.7 Å². The Hall–Kier alpha value is -3.53. The normalized spacial score (nSPS) is 14.4. The molecule has 0 atom stereocenters. The minimum absolute atomic E-state index is 0.0256. The highest BCUT2D eigenvalue weighted by atomic mass is 32.2. The van der Waals surface area contributed by atoms with Gasteiger partial charge in [-0.15, -0.1) is 0 Å². The number of hydrogen-bond acceptors (Lipinski definition) is 7. The largest absolute Gasteiger partial charge is 0.493 e. The lowest BCUT2D eigenvalue weighted by atomic mass is 10.1. The molecule has 1 aliphatic carbocycles. The van der Waals surface area contributed by atoms with E-state index in [1.54, 1.807) is 12.1 Å². The zero-order valence-corrected chi connectivity index (χ0v) is 21.1. The summed E-state index contributed by atoms with van der Waals surface area (Å²) in [5, 5.41) is -0.287. The van der Waals surface area contributed by atoms with Crippen molar-refractivity contribution in [3.63, 3.8) is 0 Å². The van der Waals surface area contributed by atoms with E-state index in [0.717, 1.165) is 12.8 Å². The number of rotatable bonds is 10. The molecule has 0 bridgehead atoms. The first kappa shape index (κ1) is 25.6. The summed E-state index contributed by atoms with van der Waals surface area (Å²) in [6, 6.07) is 11.5. The maximum absolute atomic E-state index is 14.3. The average molecular weight is 514 g/mol. The molecule has 1 aromatic carbocycles. The van der Waals surface area contributed by atoms with Crippen LogP contribution in [0.25, 0.3) is 11.3 Å². The van der Waals surface area contributed by atoms with Crippen molar-refractivity contribution in [1.29, 1.82) is 0 Å². The molecule has 0 spiro atoms. The number of ether oxygens (including phenoxy) is 2. The van der Waals surface area contributed by atoms with Crippen LogP contribution in [-0.4, -0.2) is 37.5 Å². The molecule has 190 valence electrons. The van der Waals surface area contributed by atoms with E-state index in [4.69, 9.17) is 9.47 Å². The lowest BCUT2D eigenvalue weighted by Crippen LogP contribution is -2.31. The maximum Gasteiger partial charge on any atom is 0.281 e. The summed E-state index contributed by atoms with van der Waals surface area (Å²) in [4.78, 5) is 21.2. The third-order valence-electron chi connectivity index (χ3n) is 5.66. The third-order valence-corrected chi connectivity index (χ3v) is 6.90. The molecule has 36 heavy (non-hydrogen) atoms. The Morgan fingerprint density at radius 3 is 2.58 bits per heavy atom. The molecule has 1 N–H and O–H groups in total. The summed E-state index contributed by atoms with van der Waals surface area (Å²) in [5.74, 6) is -0.820. The minimum atomic E-state index is -4.20. The zero-order chi connectivity index (χ0) is 25.9. The van der Waals surface area contributed by atoms with E-state index in [0.29, 0.717) is 30.2 Å². The average Bonchev–Trinajstić information content (AvgIpc) is 3.58. The molecule has 0 saturated heterocycles. The van der Waals surface area contributed by atoms with E-state index in [1.807, 2.05) is 25.5 Å². The van der Waals surface area contributed by atoms with Crippen molar-refractivity contribution >= 4 is 15.9 Å². The number of hydrogen-bond donors (Lipinski definition) is 1. The van der Waals surface area contributed by atoms with Crippen LogP contribution in [-0.2, 0) is 10.0 Å². The third kappa shape index (κ3) is 6.37. The van der Waals surface area contributed by atoms with Crippen LogP contribution in [0.15, 0.2) is 59.8 Å². The molecule has 0 aliphatic heterocycles.